The van der Waals surface area contributed by atoms with Gasteiger partial charge in [-0.3, -0.25) is 4.79 Å². The highest BCUT2D eigenvalue weighted by atomic mass is 79.9. The van der Waals surface area contributed by atoms with Crippen molar-refractivity contribution in [2.24, 2.45) is 0 Å². The Morgan fingerprint density at radius 3 is 2.70 bits per heavy atom. The monoisotopic (exact) mass is 336 g/mol. The Bertz CT molecular complexity index is 622. The quantitative estimate of drug-likeness (QED) is 0.930. The van der Waals surface area contributed by atoms with Crippen LogP contribution >= 0.6 is 15.9 Å². The highest BCUT2D eigenvalue weighted by Gasteiger charge is 2.18. The molecular formula is C15H17BrN2O2. The molecule has 0 bridgehead atoms. The lowest BCUT2D eigenvalue weighted by Crippen LogP contribution is -2.34. The van der Waals surface area contributed by atoms with Gasteiger partial charge in [0.05, 0.1) is 5.69 Å². The van der Waals surface area contributed by atoms with Crippen LogP contribution < -0.4 is 5.32 Å². The van der Waals surface area contributed by atoms with E-state index in [9.17, 15) is 4.79 Å². The van der Waals surface area contributed by atoms with E-state index in [1.165, 1.54) is 0 Å². The second-order valence-electron chi connectivity index (χ2n) is 4.82. The Hall–Kier alpha value is -1.62. The molecule has 1 N–H and O–H groups in total. The van der Waals surface area contributed by atoms with E-state index in [0.717, 1.165) is 16.5 Å². The Morgan fingerprint density at radius 2 is 2.10 bits per heavy atom. The van der Waals surface area contributed by atoms with Crippen molar-refractivity contribution in [1.82, 2.24) is 10.3 Å². The van der Waals surface area contributed by atoms with Gasteiger partial charge < -0.3 is 9.73 Å². The van der Waals surface area contributed by atoms with E-state index < -0.39 is 0 Å². The van der Waals surface area contributed by atoms with Crippen LogP contribution in [0.5, 0.6) is 0 Å². The number of nitrogens with zero attached hydrogens (tertiary/aromatic N) is 1. The summed E-state index contributed by atoms with van der Waals surface area (Å²) in [6, 6.07) is 7.99. The third-order valence-electron chi connectivity index (χ3n) is 2.97. The summed E-state index contributed by atoms with van der Waals surface area (Å²) >= 11 is 3.51. The number of hydrogen-bond donors (Lipinski definition) is 1. The molecule has 4 nitrogen and oxygen atoms in total. The number of aryl methyl sites for hydroxylation is 2. The molecule has 0 aliphatic carbocycles. The van der Waals surface area contributed by atoms with Crippen LogP contribution in [0.4, 0.5) is 0 Å². The minimum absolute atomic E-state index is 0.00556. The molecule has 20 heavy (non-hydrogen) atoms. The molecule has 5 heteroatoms. The van der Waals surface area contributed by atoms with Gasteiger partial charge in [0.15, 0.2) is 5.89 Å². The Morgan fingerprint density at radius 1 is 1.40 bits per heavy atom. The molecule has 1 aromatic carbocycles. The number of oxazole rings is 1. The zero-order valence-electron chi connectivity index (χ0n) is 11.7. The summed E-state index contributed by atoms with van der Waals surface area (Å²) in [6.07, 6.45) is 0.749. The number of benzene rings is 1. The summed E-state index contributed by atoms with van der Waals surface area (Å²) in [7, 11) is 0. The number of amides is 1. The number of carbonyl (C=O) groups is 1. The van der Waals surface area contributed by atoms with E-state index in [2.05, 4.69) is 26.2 Å². The molecular weight excluding hydrogens is 320 g/mol. The Balaban J connectivity index is 2.01. The van der Waals surface area contributed by atoms with Gasteiger partial charge in [-0.05, 0) is 31.9 Å². The van der Waals surface area contributed by atoms with Crippen molar-refractivity contribution in [2.75, 3.05) is 0 Å². The third-order valence-corrected chi connectivity index (χ3v) is 3.74. The molecule has 1 unspecified atom stereocenters. The number of rotatable bonds is 4. The first kappa shape index (κ1) is 14.8. The first-order chi connectivity index (χ1) is 9.47. The van der Waals surface area contributed by atoms with Crippen LogP contribution in [0.3, 0.4) is 0 Å². The van der Waals surface area contributed by atoms with Crippen LogP contribution in [-0.2, 0) is 6.42 Å². The number of aromatic nitrogens is 1. The molecule has 0 aliphatic heterocycles. The minimum Gasteiger partial charge on any atom is -0.436 e. The highest BCUT2D eigenvalue weighted by molar-refractivity contribution is 9.10. The van der Waals surface area contributed by atoms with E-state index in [1.807, 2.05) is 31.2 Å². The van der Waals surface area contributed by atoms with Gasteiger partial charge in [-0.25, -0.2) is 4.98 Å². The summed E-state index contributed by atoms with van der Waals surface area (Å²) in [5, 5.41) is 2.93. The van der Waals surface area contributed by atoms with Crippen LogP contribution in [0.15, 0.2) is 33.2 Å². The van der Waals surface area contributed by atoms with Gasteiger partial charge in [0, 0.05) is 17.4 Å². The van der Waals surface area contributed by atoms with Crippen LogP contribution in [0.25, 0.3) is 0 Å². The third kappa shape index (κ3) is 3.48. The predicted molar refractivity (Wildman–Crippen MR) is 80.8 cm³/mol. The summed E-state index contributed by atoms with van der Waals surface area (Å²) in [5.41, 5.74) is 1.78. The zero-order chi connectivity index (χ0) is 14.7. The first-order valence-electron chi connectivity index (χ1n) is 6.45. The first-order valence-corrected chi connectivity index (χ1v) is 7.25. The summed E-state index contributed by atoms with van der Waals surface area (Å²) in [4.78, 5) is 16.2. The van der Waals surface area contributed by atoms with E-state index in [0.29, 0.717) is 17.3 Å². The fourth-order valence-corrected chi connectivity index (χ4v) is 2.52. The molecule has 1 aromatic heterocycles. The summed E-state index contributed by atoms with van der Waals surface area (Å²) < 4.78 is 6.37. The standard InChI is InChI=1S/C15H17BrN2O2/c1-9(8-12-6-4-5-7-13(12)16)17-15(19)14-10(2)18-11(3)20-14/h4-7,9H,8H2,1-3H3,(H,17,19). The number of carbonyl (C=O) groups excluding carboxylic acids is 1. The van der Waals surface area contributed by atoms with Crippen molar-refractivity contribution >= 4 is 21.8 Å². The largest absolute Gasteiger partial charge is 0.436 e. The van der Waals surface area contributed by atoms with Gasteiger partial charge in [0.25, 0.3) is 5.91 Å². The molecule has 0 saturated carbocycles. The smallest absolute Gasteiger partial charge is 0.289 e. The number of nitrogens with one attached hydrogen (secondary N) is 1. The lowest BCUT2D eigenvalue weighted by atomic mass is 10.1. The maximum Gasteiger partial charge on any atom is 0.289 e. The fraction of sp³-hybridized carbons (Fsp3) is 0.333. The molecule has 2 rings (SSSR count). The highest BCUT2D eigenvalue weighted by Crippen LogP contribution is 2.17. The van der Waals surface area contributed by atoms with Crippen molar-refractivity contribution in [1.29, 1.82) is 0 Å². The second-order valence-corrected chi connectivity index (χ2v) is 5.67. The van der Waals surface area contributed by atoms with E-state index in [1.54, 1.807) is 13.8 Å². The number of halogens is 1. The van der Waals surface area contributed by atoms with Crippen LogP contribution in [0.1, 0.15) is 34.6 Å². The molecule has 0 aliphatic rings. The van der Waals surface area contributed by atoms with E-state index in [4.69, 9.17) is 4.42 Å². The average molecular weight is 337 g/mol. The van der Waals surface area contributed by atoms with Gasteiger partial charge in [-0.2, -0.15) is 0 Å². The summed E-state index contributed by atoms with van der Waals surface area (Å²) in [5.74, 6) is 0.579. The molecule has 0 radical (unpaired) electrons. The van der Waals surface area contributed by atoms with Crippen LogP contribution in [0, 0.1) is 13.8 Å². The molecule has 2 aromatic rings. The Kier molecular flexibility index (Phi) is 4.60. The zero-order valence-corrected chi connectivity index (χ0v) is 13.3. The normalized spacial score (nSPS) is 12.2. The van der Waals surface area contributed by atoms with Crippen molar-refractivity contribution in [3.05, 3.63) is 51.6 Å². The van der Waals surface area contributed by atoms with Gasteiger partial charge >= 0.3 is 0 Å². The van der Waals surface area contributed by atoms with Gasteiger partial charge in [-0.1, -0.05) is 34.1 Å². The fourth-order valence-electron chi connectivity index (χ4n) is 2.08. The van der Waals surface area contributed by atoms with E-state index >= 15 is 0 Å². The van der Waals surface area contributed by atoms with Gasteiger partial charge in [0.1, 0.15) is 0 Å². The topological polar surface area (TPSA) is 55.1 Å². The van der Waals surface area contributed by atoms with E-state index in [-0.39, 0.29) is 11.9 Å². The van der Waals surface area contributed by atoms with Crippen LogP contribution in [-0.4, -0.2) is 16.9 Å². The van der Waals surface area contributed by atoms with Crippen LogP contribution in [0.2, 0.25) is 0 Å². The van der Waals surface area contributed by atoms with Gasteiger partial charge in [-0.15, -0.1) is 0 Å². The molecule has 0 fully saturated rings. The van der Waals surface area contributed by atoms with Crippen molar-refractivity contribution in [3.8, 4) is 0 Å². The molecule has 1 atom stereocenters. The maximum atomic E-state index is 12.1. The predicted octanol–water partition coefficient (Wildman–Crippen LogP) is 3.41. The molecule has 1 heterocycles. The molecule has 106 valence electrons. The number of hydrogen-bond acceptors (Lipinski definition) is 3. The Labute approximate surface area is 126 Å². The lowest BCUT2D eigenvalue weighted by molar-refractivity contribution is 0.0910. The summed E-state index contributed by atoms with van der Waals surface area (Å²) in [6.45, 7) is 5.47. The lowest BCUT2D eigenvalue weighted by Gasteiger charge is -2.14. The van der Waals surface area contributed by atoms with Crippen molar-refractivity contribution in [3.63, 3.8) is 0 Å². The average Bonchev–Trinajstić information content (AvgIpc) is 2.71. The molecule has 1 amide bonds. The van der Waals surface area contributed by atoms with Gasteiger partial charge in [0.2, 0.25) is 5.76 Å². The van der Waals surface area contributed by atoms with Crippen molar-refractivity contribution in [2.45, 2.75) is 33.2 Å². The SMILES string of the molecule is Cc1nc(C)c(C(=O)NC(C)Cc2ccccc2Br)o1. The molecule has 0 saturated heterocycles. The van der Waals surface area contributed by atoms with Crippen molar-refractivity contribution < 1.29 is 9.21 Å². The maximum absolute atomic E-state index is 12.1. The second kappa shape index (κ2) is 6.22. The molecule has 0 spiro atoms. The minimum atomic E-state index is -0.220.